The second kappa shape index (κ2) is 5.15. The number of allylic oxidation sites excluding steroid dienone is 1. The van der Waals surface area contributed by atoms with Crippen molar-refractivity contribution in [2.45, 2.75) is 32.3 Å². The molecule has 0 saturated heterocycles. The zero-order valence-electron chi connectivity index (χ0n) is 11.7. The topological polar surface area (TPSA) is 18.5 Å². The molecular formula is C16H22O2. The Morgan fingerprint density at radius 1 is 1.11 bits per heavy atom. The van der Waals surface area contributed by atoms with Crippen LogP contribution in [0.3, 0.4) is 0 Å². The van der Waals surface area contributed by atoms with Crippen LogP contribution in [0.2, 0.25) is 0 Å². The molecule has 1 aliphatic rings. The summed E-state index contributed by atoms with van der Waals surface area (Å²) in [6.07, 6.45) is 4.65. The highest BCUT2D eigenvalue weighted by Crippen LogP contribution is 2.42. The van der Waals surface area contributed by atoms with Crippen molar-refractivity contribution < 1.29 is 9.47 Å². The summed E-state index contributed by atoms with van der Waals surface area (Å²) in [6.45, 7) is 4.33. The number of rotatable bonds is 4. The van der Waals surface area contributed by atoms with Gasteiger partial charge >= 0.3 is 0 Å². The zero-order valence-corrected chi connectivity index (χ0v) is 11.7. The summed E-state index contributed by atoms with van der Waals surface area (Å²) in [4.78, 5) is 0. The minimum Gasteiger partial charge on any atom is -0.497 e. The Morgan fingerprint density at radius 2 is 1.78 bits per heavy atom. The summed E-state index contributed by atoms with van der Waals surface area (Å²) in [5.74, 6) is 1.37. The monoisotopic (exact) mass is 246 g/mol. The van der Waals surface area contributed by atoms with E-state index < -0.39 is 0 Å². The normalized spacial score (nSPS) is 19.8. The molecule has 0 fully saturated rings. The first-order chi connectivity index (χ1) is 8.58. The van der Waals surface area contributed by atoms with Crippen LogP contribution in [0.4, 0.5) is 0 Å². The Bertz CT molecular complexity index is 429. The quantitative estimate of drug-likeness (QED) is 0.801. The van der Waals surface area contributed by atoms with E-state index >= 15 is 0 Å². The van der Waals surface area contributed by atoms with Crippen LogP contribution in [0.15, 0.2) is 30.3 Å². The van der Waals surface area contributed by atoms with Gasteiger partial charge in [-0.25, -0.2) is 0 Å². The van der Waals surface area contributed by atoms with Crippen LogP contribution >= 0.6 is 0 Å². The first kappa shape index (κ1) is 13.2. The molecule has 0 saturated carbocycles. The van der Waals surface area contributed by atoms with Crippen molar-refractivity contribution in [3.63, 3.8) is 0 Å². The van der Waals surface area contributed by atoms with Crippen LogP contribution in [0, 0.1) is 5.92 Å². The average molecular weight is 246 g/mol. The maximum absolute atomic E-state index is 5.65. The summed E-state index contributed by atoms with van der Waals surface area (Å²) in [7, 11) is 3.49. The van der Waals surface area contributed by atoms with Crippen LogP contribution < -0.4 is 4.74 Å². The molecule has 0 bridgehead atoms. The van der Waals surface area contributed by atoms with Crippen molar-refractivity contribution in [2.24, 2.45) is 5.92 Å². The van der Waals surface area contributed by atoms with E-state index in [1.54, 1.807) is 14.2 Å². The third kappa shape index (κ3) is 2.44. The molecule has 2 heteroatoms. The number of ether oxygens (including phenoxy) is 2. The molecule has 98 valence electrons. The van der Waals surface area contributed by atoms with Crippen molar-refractivity contribution in [3.8, 4) is 5.75 Å². The summed E-state index contributed by atoms with van der Waals surface area (Å²) in [5.41, 5.74) is 2.58. The highest BCUT2D eigenvalue weighted by molar-refractivity contribution is 5.70. The molecule has 1 aromatic carbocycles. The minimum atomic E-state index is -0.109. The molecule has 1 aromatic rings. The summed E-state index contributed by atoms with van der Waals surface area (Å²) < 4.78 is 10.9. The maximum Gasteiger partial charge on any atom is 0.118 e. The van der Waals surface area contributed by atoms with Gasteiger partial charge in [0.05, 0.1) is 12.7 Å². The van der Waals surface area contributed by atoms with Gasteiger partial charge in [-0.15, -0.1) is 0 Å². The Labute approximate surface area is 110 Å². The second-order valence-electron chi connectivity index (χ2n) is 5.33. The molecule has 2 rings (SSSR count). The molecule has 0 N–H and O–H groups in total. The molecule has 1 unspecified atom stereocenters. The van der Waals surface area contributed by atoms with E-state index in [1.165, 1.54) is 17.6 Å². The van der Waals surface area contributed by atoms with Crippen molar-refractivity contribution in [2.75, 3.05) is 14.2 Å². The molecule has 2 nitrogen and oxygen atoms in total. The predicted molar refractivity (Wildman–Crippen MR) is 74.8 cm³/mol. The van der Waals surface area contributed by atoms with Gasteiger partial charge in [-0.2, -0.15) is 0 Å². The fourth-order valence-electron chi connectivity index (χ4n) is 2.67. The van der Waals surface area contributed by atoms with Gasteiger partial charge in [-0.1, -0.05) is 18.2 Å². The number of benzene rings is 1. The molecule has 0 amide bonds. The standard InChI is InChI=1S/C16H22O2/c1-16(2,18-4)15-7-5-6-14(15)12-8-10-13(17-3)11-9-12/h6,8-11,15H,5,7H2,1-4H3. The lowest BCUT2D eigenvalue weighted by atomic mass is 9.82. The van der Waals surface area contributed by atoms with Gasteiger partial charge in [0.25, 0.3) is 0 Å². The lowest BCUT2D eigenvalue weighted by Gasteiger charge is -2.32. The lowest BCUT2D eigenvalue weighted by molar-refractivity contribution is -0.00898. The fourth-order valence-corrected chi connectivity index (χ4v) is 2.67. The SMILES string of the molecule is COc1ccc(C2=CCCC2C(C)(C)OC)cc1. The van der Waals surface area contributed by atoms with Gasteiger partial charge < -0.3 is 9.47 Å². The van der Waals surface area contributed by atoms with Gasteiger partial charge in [-0.05, 0) is 50.0 Å². The van der Waals surface area contributed by atoms with E-state index in [0.29, 0.717) is 5.92 Å². The zero-order chi connectivity index (χ0) is 13.2. The Hall–Kier alpha value is -1.28. The Balaban J connectivity index is 2.26. The van der Waals surface area contributed by atoms with E-state index in [-0.39, 0.29) is 5.60 Å². The van der Waals surface area contributed by atoms with Crippen LogP contribution in [0.1, 0.15) is 32.3 Å². The van der Waals surface area contributed by atoms with Crippen molar-refractivity contribution in [1.29, 1.82) is 0 Å². The Kier molecular flexibility index (Phi) is 3.76. The molecule has 18 heavy (non-hydrogen) atoms. The number of hydrogen-bond donors (Lipinski definition) is 0. The second-order valence-corrected chi connectivity index (χ2v) is 5.33. The lowest BCUT2D eigenvalue weighted by Crippen LogP contribution is -2.32. The first-order valence-electron chi connectivity index (χ1n) is 6.48. The number of hydrogen-bond acceptors (Lipinski definition) is 2. The fraction of sp³-hybridized carbons (Fsp3) is 0.500. The van der Waals surface area contributed by atoms with Gasteiger partial charge in [-0.3, -0.25) is 0 Å². The largest absolute Gasteiger partial charge is 0.497 e. The highest BCUT2D eigenvalue weighted by Gasteiger charge is 2.34. The molecule has 0 radical (unpaired) electrons. The molecular weight excluding hydrogens is 224 g/mol. The predicted octanol–water partition coefficient (Wildman–Crippen LogP) is 3.91. The van der Waals surface area contributed by atoms with Crippen LogP contribution in [-0.2, 0) is 4.74 Å². The Morgan fingerprint density at radius 3 is 2.33 bits per heavy atom. The highest BCUT2D eigenvalue weighted by atomic mass is 16.5. The smallest absolute Gasteiger partial charge is 0.118 e. The summed E-state index contributed by atoms with van der Waals surface area (Å²) >= 11 is 0. The van der Waals surface area contributed by atoms with E-state index in [9.17, 15) is 0 Å². The van der Waals surface area contributed by atoms with Crippen molar-refractivity contribution in [1.82, 2.24) is 0 Å². The molecule has 0 aliphatic heterocycles. The van der Waals surface area contributed by atoms with Gasteiger partial charge in [0.2, 0.25) is 0 Å². The summed E-state index contributed by atoms with van der Waals surface area (Å²) in [5, 5.41) is 0. The summed E-state index contributed by atoms with van der Waals surface area (Å²) in [6, 6.07) is 8.31. The van der Waals surface area contributed by atoms with Gasteiger partial charge in [0, 0.05) is 13.0 Å². The van der Waals surface area contributed by atoms with Crippen molar-refractivity contribution >= 4 is 5.57 Å². The van der Waals surface area contributed by atoms with Crippen molar-refractivity contribution in [3.05, 3.63) is 35.9 Å². The van der Waals surface area contributed by atoms with Crippen LogP contribution in [0.25, 0.3) is 5.57 Å². The molecule has 1 atom stereocenters. The molecule has 0 heterocycles. The average Bonchev–Trinajstić information content (AvgIpc) is 2.89. The molecule has 0 aromatic heterocycles. The minimum absolute atomic E-state index is 0.109. The molecule has 0 spiro atoms. The number of methoxy groups -OCH3 is 2. The van der Waals surface area contributed by atoms with Crippen LogP contribution in [-0.4, -0.2) is 19.8 Å². The van der Waals surface area contributed by atoms with Gasteiger partial charge in [0.1, 0.15) is 5.75 Å². The van der Waals surface area contributed by atoms with E-state index in [4.69, 9.17) is 9.47 Å². The van der Waals surface area contributed by atoms with E-state index in [2.05, 4.69) is 32.1 Å². The van der Waals surface area contributed by atoms with Gasteiger partial charge in [0.15, 0.2) is 0 Å². The van der Waals surface area contributed by atoms with Crippen LogP contribution in [0.5, 0.6) is 5.75 Å². The third-order valence-corrected chi connectivity index (χ3v) is 3.98. The van der Waals surface area contributed by atoms with E-state index in [1.807, 2.05) is 12.1 Å². The third-order valence-electron chi connectivity index (χ3n) is 3.98. The van der Waals surface area contributed by atoms with E-state index in [0.717, 1.165) is 12.2 Å². The molecule has 1 aliphatic carbocycles. The maximum atomic E-state index is 5.65. The first-order valence-corrected chi connectivity index (χ1v) is 6.48.